The van der Waals surface area contributed by atoms with Gasteiger partial charge in [0.25, 0.3) is 5.72 Å². The van der Waals surface area contributed by atoms with Crippen LogP contribution in [0.1, 0.15) is 47.0 Å². The Morgan fingerprint density at radius 1 is 1.55 bits per heavy atom. The van der Waals surface area contributed by atoms with E-state index >= 15 is 0 Å². The minimum atomic E-state index is -4.86. The monoisotopic (exact) mass is 337 g/mol. The van der Waals surface area contributed by atoms with Gasteiger partial charge >= 0.3 is 6.18 Å². The Hall–Kier alpha value is -1.15. The van der Waals surface area contributed by atoms with E-state index in [2.05, 4.69) is 10.4 Å². The third-order valence-electron chi connectivity index (χ3n) is 3.15. The number of nitrogens with one attached hydrogen (secondary N) is 1. The van der Waals surface area contributed by atoms with Crippen molar-refractivity contribution in [3.05, 3.63) is 11.8 Å². The van der Waals surface area contributed by atoms with Crippen LogP contribution in [0.25, 0.3) is 0 Å². The average Bonchev–Trinajstić information content (AvgIpc) is 2.66. The molecule has 0 aromatic heterocycles. The van der Waals surface area contributed by atoms with Gasteiger partial charge in [0.1, 0.15) is 0 Å². The molecule has 8 heteroatoms. The maximum Gasteiger partial charge on any atom is 0.438 e. The van der Waals surface area contributed by atoms with Crippen molar-refractivity contribution >= 4 is 23.0 Å². The molecule has 4 nitrogen and oxygen atoms in total. The number of nitrogens with zero attached hydrogens (tertiary/aromatic N) is 2. The predicted octanol–water partition coefficient (Wildman–Crippen LogP) is 3.53. The highest BCUT2D eigenvalue weighted by atomic mass is 32.1. The first-order valence-electron chi connectivity index (χ1n) is 7.14. The number of rotatable bonds is 4. The Bertz CT molecular complexity index is 488. The SMILES string of the molecule is CC/C=C(\C)NC(=S)N1N=C(CC(C)C)CC1(O)C(F)(F)F. The van der Waals surface area contributed by atoms with E-state index in [0.717, 1.165) is 0 Å². The van der Waals surface area contributed by atoms with Crippen molar-refractivity contribution in [2.75, 3.05) is 0 Å². The third-order valence-corrected chi connectivity index (χ3v) is 3.42. The van der Waals surface area contributed by atoms with Crippen molar-refractivity contribution in [1.82, 2.24) is 10.3 Å². The molecule has 0 amide bonds. The van der Waals surface area contributed by atoms with Crippen LogP contribution in [0.15, 0.2) is 16.9 Å². The first kappa shape index (κ1) is 18.9. The second kappa shape index (κ2) is 6.95. The minimum Gasteiger partial charge on any atom is -0.362 e. The van der Waals surface area contributed by atoms with E-state index in [1.165, 1.54) is 0 Å². The summed E-state index contributed by atoms with van der Waals surface area (Å²) < 4.78 is 39.9. The second-order valence-electron chi connectivity index (χ2n) is 5.79. The van der Waals surface area contributed by atoms with Crippen molar-refractivity contribution in [3.8, 4) is 0 Å². The number of hydrogen-bond donors (Lipinski definition) is 2. The minimum absolute atomic E-state index is 0.138. The van der Waals surface area contributed by atoms with Crippen LogP contribution in [0.4, 0.5) is 13.2 Å². The van der Waals surface area contributed by atoms with Gasteiger partial charge in [-0.1, -0.05) is 26.8 Å². The fourth-order valence-electron chi connectivity index (χ4n) is 2.22. The highest BCUT2D eigenvalue weighted by Crippen LogP contribution is 2.41. The van der Waals surface area contributed by atoms with Crippen molar-refractivity contribution in [3.63, 3.8) is 0 Å². The van der Waals surface area contributed by atoms with E-state index in [1.54, 1.807) is 13.0 Å². The van der Waals surface area contributed by atoms with Crippen LogP contribution in [-0.4, -0.2) is 32.8 Å². The van der Waals surface area contributed by atoms with E-state index in [4.69, 9.17) is 12.2 Å². The van der Waals surface area contributed by atoms with Gasteiger partial charge in [-0.2, -0.15) is 23.3 Å². The highest BCUT2D eigenvalue weighted by molar-refractivity contribution is 7.80. The van der Waals surface area contributed by atoms with E-state index in [0.29, 0.717) is 23.5 Å². The molecule has 2 N–H and O–H groups in total. The number of hydrazone groups is 1. The molecule has 126 valence electrons. The van der Waals surface area contributed by atoms with E-state index in [-0.39, 0.29) is 16.7 Å². The summed E-state index contributed by atoms with van der Waals surface area (Å²) in [6.07, 6.45) is -2.57. The van der Waals surface area contributed by atoms with Gasteiger partial charge < -0.3 is 10.4 Å². The Kier molecular flexibility index (Phi) is 5.97. The molecular formula is C14H22F3N3OS. The van der Waals surface area contributed by atoms with Crippen molar-refractivity contribution in [2.24, 2.45) is 11.0 Å². The molecule has 22 heavy (non-hydrogen) atoms. The van der Waals surface area contributed by atoms with Crippen molar-refractivity contribution in [1.29, 1.82) is 0 Å². The van der Waals surface area contributed by atoms with Gasteiger partial charge in [0.05, 0.1) is 0 Å². The van der Waals surface area contributed by atoms with Crippen LogP contribution in [0.5, 0.6) is 0 Å². The van der Waals surface area contributed by atoms with Crippen LogP contribution >= 0.6 is 12.2 Å². The molecule has 0 radical (unpaired) electrons. The molecule has 0 aromatic carbocycles. The molecule has 0 saturated carbocycles. The number of halogens is 3. The molecular weight excluding hydrogens is 315 g/mol. The molecule has 0 aliphatic carbocycles. The van der Waals surface area contributed by atoms with E-state index < -0.39 is 18.3 Å². The van der Waals surface area contributed by atoms with Crippen molar-refractivity contribution in [2.45, 2.75) is 58.9 Å². The van der Waals surface area contributed by atoms with Gasteiger partial charge in [-0.05, 0) is 37.9 Å². The summed E-state index contributed by atoms with van der Waals surface area (Å²) in [7, 11) is 0. The number of thiocarbonyl (C=S) groups is 1. The van der Waals surface area contributed by atoms with Gasteiger partial charge in [-0.15, -0.1) is 0 Å². The van der Waals surface area contributed by atoms with Gasteiger partial charge in [0.15, 0.2) is 5.11 Å². The van der Waals surface area contributed by atoms with Gasteiger partial charge in [-0.3, -0.25) is 0 Å². The lowest BCUT2D eigenvalue weighted by Crippen LogP contribution is -2.58. The quantitative estimate of drug-likeness (QED) is 0.771. The zero-order chi connectivity index (χ0) is 17.1. The van der Waals surface area contributed by atoms with Crippen LogP contribution in [-0.2, 0) is 0 Å². The fraction of sp³-hybridized carbons (Fsp3) is 0.714. The zero-order valence-electron chi connectivity index (χ0n) is 13.2. The van der Waals surface area contributed by atoms with Crippen LogP contribution < -0.4 is 5.32 Å². The lowest BCUT2D eigenvalue weighted by molar-refractivity contribution is -0.294. The molecule has 0 aromatic rings. The van der Waals surface area contributed by atoms with Gasteiger partial charge in [-0.25, -0.2) is 0 Å². The summed E-state index contributed by atoms with van der Waals surface area (Å²) in [5, 5.41) is 16.9. The lowest BCUT2D eigenvalue weighted by atomic mass is 9.99. The number of hydrogen-bond acceptors (Lipinski definition) is 3. The molecule has 0 spiro atoms. The van der Waals surface area contributed by atoms with E-state index in [9.17, 15) is 18.3 Å². The highest BCUT2D eigenvalue weighted by Gasteiger charge is 2.62. The molecule has 1 rings (SSSR count). The lowest BCUT2D eigenvalue weighted by Gasteiger charge is -2.34. The van der Waals surface area contributed by atoms with E-state index in [1.807, 2.05) is 20.8 Å². The molecule has 0 saturated heterocycles. The maximum atomic E-state index is 13.3. The summed E-state index contributed by atoms with van der Waals surface area (Å²) in [5.74, 6) is 0.138. The predicted molar refractivity (Wildman–Crippen MR) is 84.1 cm³/mol. The summed E-state index contributed by atoms with van der Waals surface area (Å²) in [6.45, 7) is 7.34. The van der Waals surface area contributed by atoms with Gasteiger partial charge in [0.2, 0.25) is 0 Å². The molecule has 1 atom stereocenters. The Morgan fingerprint density at radius 3 is 2.59 bits per heavy atom. The average molecular weight is 337 g/mol. The number of allylic oxidation sites excluding steroid dienone is 2. The summed E-state index contributed by atoms with van der Waals surface area (Å²) >= 11 is 5.00. The molecule has 1 aliphatic heterocycles. The Labute approximate surface area is 134 Å². The molecule has 1 unspecified atom stereocenters. The fourth-order valence-corrected chi connectivity index (χ4v) is 2.57. The largest absolute Gasteiger partial charge is 0.438 e. The standard InChI is InChI=1S/C14H22F3N3OS/c1-5-6-10(4)18-12(22)20-13(21,14(15,16)17)8-11(19-20)7-9(2)3/h6,9,21H,5,7-8H2,1-4H3,(H,18,22)/b10-6+. The number of aliphatic hydroxyl groups is 1. The summed E-state index contributed by atoms with van der Waals surface area (Å²) in [6, 6.07) is 0. The summed E-state index contributed by atoms with van der Waals surface area (Å²) in [4.78, 5) is 0. The molecule has 0 fully saturated rings. The van der Waals surface area contributed by atoms with Crippen LogP contribution in [0.2, 0.25) is 0 Å². The topological polar surface area (TPSA) is 47.9 Å². The second-order valence-corrected chi connectivity index (χ2v) is 6.18. The zero-order valence-corrected chi connectivity index (χ0v) is 14.0. The van der Waals surface area contributed by atoms with Gasteiger partial charge in [0, 0.05) is 17.8 Å². The first-order valence-corrected chi connectivity index (χ1v) is 7.55. The number of alkyl halides is 3. The van der Waals surface area contributed by atoms with Crippen molar-refractivity contribution < 1.29 is 18.3 Å². The summed E-state index contributed by atoms with van der Waals surface area (Å²) in [5.41, 5.74) is -2.19. The van der Waals surface area contributed by atoms with Crippen LogP contribution in [0.3, 0.4) is 0 Å². The Morgan fingerprint density at radius 2 is 2.14 bits per heavy atom. The first-order chi connectivity index (χ1) is 10.0. The maximum absolute atomic E-state index is 13.3. The molecule has 1 heterocycles. The molecule has 0 bridgehead atoms. The molecule has 1 aliphatic rings. The van der Waals surface area contributed by atoms with Crippen LogP contribution in [0, 0.1) is 5.92 Å². The Balaban J connectivity index is 3.05. The normalized spacial score (nSPS) is 23.0. The third kappa shape index (κ3) is 4.19. The smallest absolute Gasteiger partial charge is 0.362 e.